The van der Waals surface area contributed by atoms with Crippen LogP contribution in [0.5, 0.6) is 0 Å². The summed E-state index contributed by atoms with van der Waals surface area (Å²) in [6.07, 6.45) is -2.08. The van der Waals surface area contributed by atoms with E-state index in [1.165, 1.54) is 0 Å². The van der Waals surface area contributed by atoms with Crippen molar-refractivity contribution in [2.45, 2.75) is 0 Å². The Bertz CT molecular complexity index is 35.9. The van der Waals surface area contributed by atoms with Crippen LogP contribution in [-0.4, -0.2) is 11.3 Å². The smallest absolute Gasteiger partial charge is 1.00 e. The van der Waals surface area contributed by atoms with Crippen molar-refractivity contribution in [2.75, 3.05) is 0 Å². The van der Waals surface area contributed by atoms with Crippen molar-refractivity contribution in [3.8, 4) is 0 Å². The summed E-state index contributed by atoms with van der Waals surface area (Å²) in [5.74, 6) is 0. The van der Waals surface area contributed by atoms with Crippen molar-refractivity contribution in [3.63, 3.8) is 0 Å². The summed E-state index contributed by atoms with van der Waals surface area (Å²) in [4.78, 5) is 8.44. The van der Waals surface area contributed by atoms with E-state index in [1.807, 2.05) is 0 Å². The summed E-state index contributed by atoms with van der Waals surface area (Å²) in [7, 11) is 0. The molecule has 0 saturated carbocycles. The van der Waals surface area contributed by atoms with Crippen LogP contribution >= 0.6 is 0 Å². The molecule has 0 aliphatic carbocycles. The molecule has 0 unspecified atom stereocenters. The molecule has 0 aromatic rings. The van der Waals surface area contributed by atoms with Crippen LogP contribution in [0, 0.1) is 0 Å². The van der Waals surface area contributed by atoms with E-state index >= 15 is 0 Å². The first kappa shape index (κ1) is 22.5. The molecule has 0 heterocycles. The van der Waals surface area contributed by atoms with Gasteiger partial charge in [0.2, 0.25) is 6.16 Å². The van der Waals surface area contributed by atoms with Crippen LogP contribution in [0.2, 0.25) is 0 Å². The molecule has 7 heavy (non-hydrogen) atoms. The first-order valence-electron chi connectivity index (χ1n) is 0.632. The predicted octanol–water partition coefficient (Wildman–Crippen LogP) is -10.1. The van der Waals surface area contributed by atoms with Crippen LogP contribution in [0.3, 0.4) is 0 Å². The van der Waals surface area contributed by atoms with E-state index in [0.717, 1.165) is 0 Å². The SMILES string of the molecule is O=C([O-])O.[Cl-].[K+].[K+]. The van der Waals surface area contributed by atoms with E-state index in [4.69, 9.17) is 15.0 Å². The van der Waals surface area contributed by atoms with E-state index < -0.39 is 6.16 Å². The minimum atomic E-state index is -2.08. The van der Waals surface area contributed by atoms with Gasteiger partial charge >= 0.3 is 103 Å². The van der Waals surface area contributed by atoms with Crippen molar-refractivity contribution in [3.05, 3.63) is 0 Å². The van der Waals surface area contributed by atoms with Gasteiger partial charge in [0, 0.05) is 0 Å². The standard InChI is InChI=1S/CH2O3.ClH.2K/c2-1(3)4;;;/h(H2,2,3,4);1H;;/q;;2*+1/p-2. The molecule has 0 aliphatic rings. The molecule has 0 radical (unpaired) electrons. The Morgan fingerprint density at radius 2 is 1.43 bits per heavy atom. The molecular weight excluding hydrogens is 174 g/mol. The maximum Gasteiger partial charge on any atom is 1.00 e. The van der Waals surface area contributed by atoms with Crippen LogP contribution in [-0.2, 0) is 0 Å². The molecule has 0 aromatic heterocycles. The fourth-order valence-electron chi connectivity index (χ4n) is 0. The molecule has 1 N–H and O–H groups in total. The van der Waals surface area contributed by atoms with Crippen LogP contribution in [0.4, 0.5) is 4.79 Å². The number of hydrogen-bond acceptors (Lipinski definition) is 2. The number of rotatable bonds is 0. The molecule has 0 aromatic carbocycles. The molecule has 32 valence electrons. The normalized spacial score (nSPS) is 3.43. The summed E-state index contributed by atoms with van der Waals surface area (Å²) in [6.45, 7) is 0. The largest absolute Gasteiger partial charge is 1.00 e. The Balaban J connectivity index is -0.0000000150. The zero-order valence-corrected chi connectivity index (χ0v) is 11.1. The second-order valence-electron chi connectivity index (χ2n) is 0.266. The van der Waals surface area contributed by atoms with E-state index in [0.29, 0.717) is 0 Å². The van der Waals surface area contributed by atoms with Crippen LogP contribution in [0.15, 0.2) is 0 Å². The molecule has 0 amide bonds. The van der Waals surface area contributed by atoms with Gasteiger partial charge in [0.1, 0.15) is 0 Å². The van der Waals surface area contributed by atoms with Crippen molar-refractivity contribution >= 4 is 6.16 Å². The molecule has 0 spiro atoms. The van der Waals surface area contributed by atoms with Crippen molar-refractivity contribution in [1.29, 1.82) is 0 Å². The van der Waals surface area contributed by atoms with Gasteiger partial charge in [-0.25, -0.2) is 0 Å². The zero-order chi connectivity index (χ0) is 3.58. The van der Waals surface area contributed by atoms with Gasteiger partial charge in [-0.1, -0.05) is 0 Å². The Morgan fingerprint density at radius 3 is 1.43 bits per heavy atom. The molecule has 0 fully saturated rings. The summed E-state index contributed by atoms with van der Waals surface area (Å²) in [5.41, 5.74) is 0. The van der Waals surface area contributed by atoms with E-state index in [-0.39, 0.29) is 115 Å². The molecule has 3 nitrogen and oxygen atoms in total. The van der Waals surface area contributed by atoms with E-state index in [2.05, 4.69) is 0 Å². The maximum absolute atomic E-state index is 8.44. The summed E-state index contributed by atoms with van der Waals surface area (Å²) >= 11 is 0. The fourth-order valence-corrected chi connectivity index (χ4v) is 0. The quantitative estimate of drug-likeness (QED) is 0.371. The van der Waals surface area contributed by atoms with Gasteiger partial charge in [-0.2, -0.15) is 0 Å². The minimum Gasteiger partial charge on any atom is -1.00 e. The van der Waals surface area contributed by atoms with Crippen molar-refractivity contribution in [2.24, 2.45) is 0 Å². The molecule has 0 saturated heterocycles. The van der Waals surface area contributed by atoms with Gasteiger partial charge in [-0.05, 0) is 0 Å². The number of hydrogen-bond donors (Lipinski definition) is 1. The monoisotopic (exact) mass is 174 g/mol. The zero-order valence-electron chi connectivity index (χ0n) is 4.14. The van der Waals surface area contributed by atoms with Crippen molar-refractivity contribution in [1.82, 2.24) is 0 Å². The predicted molar refractivity (Wildman–Crippen MR) is 8.02 cm³/mol. The average Bonchev–Trinajstić information content (AvgIpc) is 0.811. The Hall–Kier alpha value is 2.83. The van der Waals surface area contributed by atoms with Crippen molar-refractivity contribution < 1.29 is 130 Å². The Kier molecular flexibility index (Phi) is 51.3. The summed E-state index contributed by atoms with van der Waals surface area (Å²) < 4.78 is 0. The molecule has 0 bridgehead atoms. The molecule has 0 rings (SSSR count). The molecule has 0 aliphatic heterocycles. The van der Waals surface area contributed by atoms with Gasteiger partial charge in [-0.15, -0.1) is 0 Å². The number of halogens is 1. The number of carboxylic acid groups (broad SMARTS) is 2. The fraction of sp³-hybridized carbons (Fsp3) is 0. The van der Waals surface area contributed by atoms with E-state index in [9.17, 15) is 0 Å². The second-order valence-corrected chi connectivity index (χ2v) is 0.266. The van der Waals surface area contributed by atoms with Gasteiger partial charge in [0.05, 0.1) is 0 Å². The third-order valence-electron chi connectivity index (χ3n) is 0. The molecule has 0 atom stereocenters. The third-order valence-corrected chi connectivity index (χ3v) is 0. The minimum absolute atomic E-state index is 0. The first-order chi connectivity index (χ1) is 1.73. The topological polar surface area (TPSA) is 60.4 Å². The summed E-state index contributed by atoms with van der Waals surface area (Å²) in [5, 5.41) is 15.3. The van der Waals surface area contributed by atoms with Gasteiger partial charge < -0.3 is 27.4 Å². The van der Waals surface area contributed by atoms with Crippen LogP contribution < -0.4 is 120 Å². The Labute approximate surface area is 132 Å². The Morgan fingerprint density at radius 1 is 1.43 bits per heavy atom. The first-order valence-corrected chi connectivity index (χ1v) is 0.632. The van der Waals surface area contributed by atoms with Crippen LogP contribution in [0.1, 0.15) is 0 Å². The maximum atomic E-state index is 8.44. The summed E-state index contributed by atoms with van der Waals surface area (Å²) in [6, 6.07) is 0. The van der Waals surface area contributed by atoms with Gasteiger partial charge in [-0.3, -0.25) is 0 Å². The number of carbonyl (C=O) groups is 1. The van der Waals surface area contributed by atoms with Gasteiger partial charge in [0.15, 0.2) is 0 Å². The van der Waals surface area contributed by atoms with Crippen LogP contribution in [0.25, 0.3) is 0 Å². The van der Waals surface area contributed by atoms with Gasteiger partial charge in [0.25, 0.3) is 0 Å². The third kappa shape index (κ3) is 51.4. The second kappa shape index (κ2) is 15.9. The molecule has 6 heteroatoms. The average molecular weight is 175 g/mol. The molecular formula is CHClK2O3. The van der Waals surface area contributed by atoms with E-state index in [1.54, 1.807) is 0 Å².